The molecule has 1 rings (SSSR count). The fraction of sp³-hybridized carbons (Fsp3) is 0.444. The van der Waals surface area contributed by atoms with Crippen LogP contribution in [0.5, 0.6) is 0 Å². The van der Waals surface area contributed by atoms with Crippen LogP contribution in [-0.2, 0) is 0 Å². The molecule has 6 nitrogen and oxygen atoms in total. The molecule has 0 spiro atoms. The van der Waals surface area contributed by atoms with Gasteiger partial charge < -0.3 is 10.2 Å². The first kappa shape index (κ1) is 12.3. The number of aliphatic imine (C=N–C) groups is 1. The lowest BCUT2D eigenvalue weighted by Gasteiger charge is -2.16. The largest absolute Gasteiger partial charge is 0.357 e. The third-order valence-corrected chi connectivity index (χ3v) is 2.50. The highest BCUT2D eigenvalue weighted by molar-refractivity contribution is 7.03. The minimum atomic E-state index is 0.481. The summed E-state index contributed by atoms with van der Waals surface area (Å²) < 4.78 is 4.21. The predicted octanol–water partition coefficient (Wildman–Crippen LogP) is 0.225. The lowest BCUT2D eigenvalue weighted by Crippen LogP contribution is -2.39. The summed E-state index contributed by atoms with van der Waals surface area (Å²) >= 11 is 1.43. The Balaban J connectivity index is 2.28. The highest BCUT2D eigenvalue weighted by Gasteiger charge is 2.02. The molecule has 0 bridgehead atoms. The van der Waals surface area contributed by atoms with Gasteiger partial charge in [-0.3, -0.25) is 10.3 Å². The van der Waals surface area contributed by atoms with Crippen LogP contribution in [0.4, 0.5) is 5.82 Å². The van der Waals surface area contributed by atoms with Gasteiger partial charge in [-0.1, -0.05) is 0 Å². The van der Waals surface area contributed by atoms with Gasteiger partial charge in [-0.05, 0) is 17.6 Å². The van der Waals surface area contributed by atoms with Crippen LogP contribution in [-0.4, -0.2) is 37.5 Å². The number of rotatable bonds is 4. The molecule has 86 valence electrons. The summed E-state index contributed by atoms with van der Waals surface area (Å²) in [5.41, 5.74) is 0. The first-order valence-corrected chi connectivity index (χ1v) is 5.59. The highest BCUT2D eigenvalue weighted by atomic mass is 32.1. The van der Waals surface area contributed by atoms with E-state index in [0.717, 1.165) is 12.4 Å². The number of guanidine groups is 1. The fourth-order valence-electron chi connectivity index (χ4n) is 1.09. The molecule has 0 aliphatic carbocycles. The van der Waals surface area contributed by atoms with Gasteiger partial charge in [-0.25, -0.2) is 0 Å². The normalized spacial score (nSPS) is 10.7. The summed E-state index contributed by atoms with van der Waals surface area (Å²) in [5.74, 6) is 1.43. The summed E-state index contributed by atoms with van der Waals surface area (Å²) in [5, 5.41) is 15.8. The second kappa shape index (κ2) is 6.63. The monoisotopic (exact) mass is 238 g/mol. The zero-order valence-electron chi connectivity index (χ0n) is 9.27. The lowest BCUT2D eigenvalue weighted by molar-refractivity contribution is 0.803. The molecule has 0 saturated heterocycles. The maximum absolute atomic E-state index is 8.43. The molecule has 1 aromatic heterocycles. The molecule has 0 amide bonds. The van der Waals surface area contributed by atoms with E-state index < -0.39 is 0 Å². The molecule has 0 aliphatic heterocycles. The first-order valence-electron chi connectivity index (χ1n) is 4.75. The van der Waals surface area contributed by atoms with Crippen molar-refractivity contribution in [1.82, 2.24) is 15.0 Å². The number of nitrogens with zero attached hydrogens (tertiary/aromatic N) is 4. The SMILES string of the molecule is C/N=C(\NC#N)NCCN(C)c1ccsn1. The molecular formula is C9H14N6S. The van der Waals surface area contributed by atoms with Crippen molar-refractivity contribution >= 4 is 23.3 Å². The van der Waals surface area contributed by atoms with Crippen molar-refractivity contribution in [3.05, 3.63) is 11.4 Å². The molecule has 0 atom stereocenters. The summed E-state index contributed by atoms with van der Waals surface area (Å²) in [7, 11) is 3.59. The standard InChI is InChI=1S/C9H14N6S/c1-11-9(13-7-10)12-4-5-15(2)8-3-6-16-14-8/h3,6H,4-5H2,1-2H3,(H2,11,12,13). The second-order valence-corrected chi connectivity index (χ2v) is 3.68. The van der Waals surface area contributed by atoms with Gasteiger partial charge in [-0.15, -0.1) is 0 Å². The van der Waals surface area contributed by atoms with Crippen LogP contribution < -0.4 is 15.5 Å². The average molecular weight is 238 g/mol. The van der Waals surface area contributed by atoms with E-state index in [0.29, 0.717) is 12.5 Å². The quantitative estimate of drug-likeness (QED) is 0.340. The molecule has 16 heavy (non-hydrogen) atoms. The second-order valence-electron chi connectivity index (χ2n) is 3.01. The van der Waals surface area contributed by atoms with Crippen molar-refractivity contribution in [3.63, 3.8) is 0 Å². The maximum Gasteiger partial charge on any atom is 0.204 e. The lowest BCUT2D eigenvalue weighted by atomic mass is 10.5. The van der Waals surface area contributed by atoms with Crippen molar-refractivity contribution in [2.75, 3.05) is 32.1 Å². The Hall–Kier alpha value is -1.81. The molecule has 1 aromatic rings. The van der Waals surface area contributed by atoms with Gasteiger partial charge in [0.25, 0.3) is 0 Å². The highest BCUT2D eigenvalue weighted by Crippen LogP contribution is 2.09. The minimum absolute atomic E-state index is 0.481. The predicted molar refractivity (Wildman–Crippen MR) is 65.5 cm³/mol. The van der Waals surface area contributed by atoms with Gasteiger partial charge in [0, 0.05) is 32.6 Å². The van der Waals surface area contributed by atoms with E-state index in [4.69, 9.17) is 5.26 Å². The number of likely N-dealkylation sites (N-methyl/N-ethyl adjacent to an activating group) is 1. The van der Waals surface area contributed by atoms with Gasteiger partial charge in [0.1, 0.15) is 5.82 Å². The van der Waals surface area contributed by atoms with E-state index in [-0.39, 0.29) is 0 Å². The van der Waals surface area contributed by atoms with E-state index in [9.17, 15) is 0 Å². The van der Waals surface area contributed by atoms with Crippen LogP contribution >= 0.6 is 11.5 Å². The van der Waals surface area contributed by atoms with Gasteiger partial charge >= 0.3 is 0 Å². The smallest absolute Gasteiger partial charge is 0.204 e. The molecule has 0 aliphatic rings. The van der Waals surface area contributed by atoms with Crippen LogP contribution in [0.1, 0.15) is 0 Å². The van der Waals surface area contributed by atoms with Crippen LogP contribution in [0.2, 0.25) is 0 Å². The van der Waals surface area contributed by atoms with Gasteiger partial charge in [0.2, 0.25) is 5.96 Å². The number of anilines is 1. The molecule has 0 unspecified atom stereocenters. The summed E-state index contributed by atoms with van der Waals surface area (Å²) in [6, 6.07) is 1.97. The van der Waals surface area contributed by atoms with Crippen molar-refractivity contribution in [3.8, 4) is 6.19 Å². The minimum Gasteiger partial charge on any atom is -0.357 e. The van der Waals surface area contributed by atoms with Crippen molar-refractivity contribution in [2.24, 2.45) is 4.99 Å². The molecule has 0 saturated carbocycles. The Kier molecular flexibility index (Phi) is 5.08. The van der Waals surface area contributed by atoms with Crippen molar-refractivity contribution < 1.29 is 0 Å². The average Bonchev–Trinajstić information content (AvgIpc) is 2.81. The van der Waals surface area contributed by atoms with Gasteiger partial charge in [0.15, 0.2) is 6.19 Å². The number of aromatic nitrogens is 1. The van der Waals surface area contributed by atoms with E-state index in [1.54, 1.807) is 7.05 Å². The number of hydrogen-bond acceptors (Lipinski definition) is 5. The fourth-order valence-corrected chi connectivity index (χ4v) is 1.64. The van der Waals surface area contributed by atoms with E-state index in [1.165, 1.54) is 11.5 Å². The van der Waals surface area contributed by atoms with Crippen LogP contribution in [0, 0.1) is 11.5 Å². The maximum atomic E-state index is 8.43. The third kappa shape index (κ3) is 3.74. The Bertz CT molecular complexity index is 366. The summed E-state index contributed by atoms with van der Waals surface area (Å²) in [6.45, 7) is 1.48. The summed E-state index contributed by atoms with van der Waals surface area (Å²) in [6.07, 6.45) is 1.82. The molecule has 0 radical (unpaired) electrons. The zero-order chi connectivity index (χ0) is 11.8. The van der Waals surface area contributed by atoms with Gasteiger partial charge in [0.05, 0.1) is 0 Å². The Morgan fingerprint density at radius 1 is 1.75 bits per heavy atom. The summed E-state index contributed by atoms with van der Waals surface area (Å²) in [4.78, 5) is 5.91. The topological polar surface area (TPSA) is 76.3 Å². The third-order valence-electron chi connectivity index (χ3n) is 1.95. The Morgan fingerprint density at radius 2 is 2.56 bits per heavy atom. The van der Waals surface area contributed by atoms with E-state index in [2.05, 4.69) is 20.0 Å². The zero-order valence-corrected chi connectivity index (χ0v) is 10.1. The van der Waals surface area contributed by atoms with Gasteiger partial charge in [-0.2, -0.15) is 9.64 Å². The van der Waals surface area contributed by atoms with Crippen LogP contribution in [0.25, 0.3) is 0 Å². The Labute approximate surface area is 98.8 Å². The molecular weight excluding hydrogens is 224 g/mol. The molecule has 0 fully saturated rings. The Morgan fingerprint density at radius 3 is 3.12 bits per heavy atom. The molecule has 7 heteroatoms. The van der Waals surface area contributed by atoms with Crippen LogP contribution in [0.15, 0.2) is 16.4 Å². The van der Waals surface area contributed by atoms with Crippen molar-refractivity contribution in [2.45, 2.75) is 0 Å². The number of nitrogens with one attached hydrogen (secondary N) is 2. The first-order chi connectivity index (χ1) is 7.77. The van der Waals surface area contributed by atoms with Crippen LogP contribution in [0.3, 0.4) is 0 Å². The van der Waals surface area contributed by atoms with E-state index in [1.807, 2.05) is 29.6 Å². The number of nitriles is 1. The molecule has 2 N–H and O–H groups in total. The van der Waals surface area contributed by atoms with Crippen molar-refractivity contribution in [1.29, 1.82) is 5.26 Å². The molecule has 0 aromatic carbocycles. The van der Waals surface area contributed by atoms with E-state index >= 15 is 0 Å². The number of hydrogen-bond donors (Lipinski definition) is 2. The molecule has 1 heterocycles.